The van der Waals surface area contributed by atoms with E-state index in [1.54, 1.807) is 41.5 Å². The summed E-state index contributed by atoms with van der Waals surface area (Å²) in [6.45, 7) is 1.86. The smallest absolute Gasteiger partial charge is 0.242 e. The van der Waals surface area contributed by atoms with Crippen LogP contribution >= 0.6 is 0 Å². The first-order chi connectivity index (χ1) is 15.8. The van der Waals surface area contributed by atoms with Gasteiger partial charge in [0.2, 0.25) is 15.9 Å². The second-order valence-corrected chi connectivity index (χ2v) is 9.99. The second-order valence-electron chi connectivity index (χ2n) is 8.27. The number of sulfonamides is 1. The van der Waals surface area contributed by atoms with Crippen LogP contribution in [-0.4, -0.2) is 34.9 Å². The van der Waals surface area contributed by atoms with Crippen molar-refractivity contribution in [2.24, 2.45) is 5.92 Å². The molecule has 3 aromatic rings. The van der Waals surface area contributed by atoms with E-state index in [0.29, 0.717) is 31.5 Å². The number of aromatic nitrogens is 3. The molecule has 1 aliphatic carbocycles. The van der Waals surface area contributed by atoms with Crippen LogP contribution < -0.4 is 10.0 Å². The highest BCUT2D eigenvalue weighted by Crippen LogP contribution is 2.27. The van der Waals surface area contributed by atoms with Crippen molar-refractivity contribution in [2.75, 3.05) is 0 Å². The van der Waals surface area contributed by atoms with E-state index < -0.39 is 10.0 Å². The van der Waals surface area contributed by atoms with Gasteiger partial charge < -0.3 is 5.32 Å². The zero-order chi connectivity index (χ0) is 23.4. The molecule has 1 amide bonds. The van der Waals surface area contributed by atoms with Gasteiger partial charge in [-0.15, -0.1) is 0 Å². The van der Waals surface area contributed by atoms with Crippen molar-refractivity contribution in [3.05, 3.63) is 72.7 Å². The molecule has 1 aliphatic rings. The Hall–Kier alpha value is -3.11. The van der Waals surface area contributed by atoms with E-state index in [1.165, 1.54) is 24.4 Å². The maximum Gasteiger partial charge on any atom is 0.242 e. The van der Waals surface area contributed by atoms with Gasteiger partial charge in [-0.05, 0) is 62.4 Å². The average molecular weight is 472 g/mol. The molecular weight excluding hydrogens is 445 g/mol. The average Bonchev–Trinajstić information content (AvgIpc) is 3.35. The number of carbonyl (C=O) groups excluding carboxylic acids is 1. The third-order valence-corrected chi connectivity index (χ3v) is 7.45. The molecule has 0 spiro atoms. The lowest BCUT2D eigenvalue weighted by atomic mass is 9.85. The Bertz CT molecular complexity index is 1170. The predicted molar refractivity (Wildman–Crippen MR) is 120 cm³/mol. The summed E-state index contributed by atoms with van der Waals surface area (Å²) in [6, 6.07) is 8.73. The fraction of sp³-hybridized carbons (Fsp3) is 0.348. The molecule has 1 fully saturated rings. The van der Waals surface area contributed by atoms with E-state index in [1.807, 2.05) is 6.92 Å². The summed E-state index contributed by atoms with van der Waals surface area (Å²) in [5.41, 5.74) is 0.832. The minimum atomic E-state index is -3.71. The topological polar surface area (TPSA) is 106 Å². The molecule has 1 aromatic carbocycles. The predicted octanol–water partition coefficient (Wildman–Crippen LogP) is 3.12. The van der Waals surface area contributed by atoms with Gasteiger partial charge in [0, 0.05) is 30.6 Å². The zero-order valence-electron chi connectivity index (χ0n) is 18.2. The summed E-state index contributed by atoms with van der Waals surface area (Å²) in [6.07, 6.45) is 8.58. The molecule has 1 saturated carbocycles. The van der Waals surface area contributed by atoms with Crippen LogP contribution in [0.25, 0.3) is 5.82 Å². The van der Waals surface area contributed by atoms with Gasteiger partial charge >= 0.3 is 0 Å². The van der Waals surface area contributed by atoms with Crippen LogP contribution in [0.15, 0.2) is 66.2 Å². The standard InChI is InChI=1S/C23H26FN5O3S/c1-16(17-2-6-19(24)7-3-17)27-23(30)18-4-8-20(9-5-18)28-33(31,32)21-10-11-22(26-14-21)29-13-12-25-15-29/h2-3,6-7,10-16,18,20,28H,4-5,8-9H2,1H3,(H,27,30)/t16-,18?,20?/m1/s1. The number of hydrogen-bond donors (Lipinski definition) is 2. The van der Waals surface area contributed by atoms with Crippen molar-refractivity contribution in [3.63, 3.8) is 0 Å². The van der Waals surface area contributed by atoms with Gasteiger partial charge in [-0.2, -0.15) is 0 Å². The van der Waals surface area contributed by atoms with Gasteiger partial charge in [0.05, 0.1) is 6.04 Å². The molecule has 10 heteroatoms. The highest BCUT2D eigenvalue weighted by molar-refractivity contribution is 7.89. The first kappa shape index (κ1) is 23.1. The SMILES string of the molecule is C[C@@H](NC(=O)C1CCC(NS(=O)(=O)c2ccc(-n3ccnc3)nc2)CC1)c1ccc(F)cc1. The number of halogens is 1. The Morgan fingerprint density at radius 1 is 1.12 bits per heavy atom. The van der Waals surface area contributed by atoms with Crippen LogP contribution in [0.2, 0.25) is 0 Å². The molecule has 2 aromatic heterocycles. The van der Waals surface area contributed by atoms with Gasteiger partial charge in [-0.1, -0.05) is 12.1 Å². The molecular formula is C23H26FN5O3S. The van der Waals surface area contributed by atoms with E-state index in [4.69, 9.17) is 0 Å². The Balaban J connectivity index is 1.29. The minimum Gasteiger partial charge on any atom is -0.349 e. The summed E-state index contributed by atoms with van der Waals surface area (Å²) in [7, 11) is -3.71. The third-order valence-electron chi connectivity index (χ3n) is 5.95. The summed E-state index contributed by atoms with van der Waals surface area (Å²) in [5.74, 6) is 0.0213. The lowest BCUT2D eigenvalue weighted by Gasteiger charge is -2.29. The normalized spacial score (nSPS) is 19.7. The van der Waals surface area contributed by atoms with Gasteiger partial charge in [0.15, 0.2) is 0 Å². The molecule has 8 nitrogen and oxygen atoms in total. The second kappa shape index (κ2) is 9.80. The number of nitrogens with one attached hydrogen (secondary N) is 2. The molecule has 2 heterocycles. The monoisotopic (exact) mass is 471 g/mol. The zero-order valence-corrected chi connectivity index (χ0v) is 19.0. The summed E-state index contributed by atoms with van der Waals surface area (Å²) in [4.78, 5) is 20.9. The molecule has 0 bridgehead atoms. The van der Waals surface area contributed by atoms with Gasteiger partial charge in [0.1, 0.15) is 22.9 Å². The van der Waals surface area contributed by atoms with E-state index in [0.717, 1.165) is 5.56 Å². The highest BCUT2D eigenvalue weighted by atomic mass is 32.2. The Morgan fingerprint density at radius 3 is 2.45 bits per heavy atom. The van der Waals surface area contributed by atoms with Gasteiger partial charge in [0.25, 0.3) is 0 Å². The van der Waals surface area contributed by atoms with E-state index >= 15 is 0 Å². The summed E-state index contributed by atoms with van der Waals surface area (Å²) in [5, 5.41) is 2.98. The fourth-order valence-electron chi connectivity index (χ4n) is 4.01. The van der Waals surface area contributed by atoms with Crippen molar-refractivity contribution in [2.45, 2.75) is 49.6 Å². The largest absolute Gasteiger partial charge is 0.349 e. The van der Waals surface area contributed by atoms with Gasteiger partial charge in [-0.3, -0.25) is 9.36 Å². The molecule has 2 N–H and O–H groups in total. The number of amides is 1. The minimum absolute atomic E-state index is 0.0626. The number of carbonyl (C=O) groups is 1. The molecule has 0 unspecified atom stereocenters. The molecule has 1 atom stereocenters. The first-order valence-electron chi connectivity index (χ1n) is 10.8. The van der Waals surface area contributed by atoms with Crippen LogP contribution in [0, 0.1) is 11.7 Å². The maximum atomic E-state index is 13.1. The van der Waals surface area contributed by atoms with Gasteiger partial charge in [-0.25, -0.2) is 27.5 Å². The van der Waals surface area contributed by atoms with Crippen LogP contribution in [0.3, 0.4) is 0 Å². The van der Waals surface area contributed by atoms with Crippen molar-refractivity contribution >= 4 is 15.9 Å². The van der Waals surface area contributed by atoms with Crippen LogP contribution in [0.5, 0.6) is 0 Å². The Morgan fingerprint density at radius 2 is 1.85 bits per heavy atom. The van der Waals surface area contributed by atoms with E-state index in [2.05, 4.69) is 20.0 Å². The number of benzene rings is 1. The van der Waals surface area contributed by atoms with E-state index in [-0.39, 0.29) is 34.6 Å². The Kier molecular flexibility index (Phi) is 6.85. The lowest BCUT2D eigenvalue weighted by molar-refractivity contribution is -0.126. The van der Waals surface area contributed by atoms with Crippen molar-refractivity contribution in [3.8, 4) is 5.82 Å². The van der Waals surface area contributed by atoms with Crippen molar-refractivity contribution in [1.29, 1.82) is 0 Å². The quantitative estimate of drug-likeness (QED) is 0.551. The maximum absolute atomic E-state index is 13.1. The number of imidazole rings is 1. The summed E-state index contributed by atoms with van der Waals surface area (Å²) >= 11 is 0. The molecule has 4 rings (SSSR count). The van der Waals surface area contributed by atoms with Crippen molar-refractivity contribution in [1.82, 2.24) is 24.6 Å². The lowest BCUT2D eigenvalue weighted by Crippen LogP contribution is -2.41. The fourth-order valence-corrected chi connectivity index (χ4v) is 5.26. The molecule has 0 saturated heterocycles. The van der Waals surface area contributed by atoms with Crippen LogP contribution in [0.1, 0.15) is 44.2 Å². The van der Waals surface area contributed by atoms with Crippen LogP contribution in [-0.2, 0) is 14.8 Å². The van der Waals surface area contributed by atoms with Crippen molar-refractivity contribution < 1.29 is 17.6 Å². The van der Waals surface area contributed by atoms with E-state index in [9.17, 15) is 17.6 Å². The van der Waals surface area contributed by atoms with Crippen LogP contribution in [0.4, 0.5) is 4.39 Å². The number of rotatable bonds is 7. The molecule has 0 aliphatic heterocycles. The Labute approximate surface area is 192 Å². The molecule has 0 radical (unpaired) electrons. The number of pyridine rings is 1. The number of hydrogen-bond acceptors (Lipinski definition) is 5. The molecule has 33 heavy (non-hydrogen) atoms. The first-order valence-corrected chi connectivity index (χ1v) is 12.3. The molecule has 174 valence electrons. The third kappa shape index (κ3) is 5.63. The number of nitrogens with zero attached hydrogens (tertiary/aromatic N) is 3. The highest BCUT2D eigenvalue weighted by Gasteiger charge is 2.30. The summed E-state index contributed by atoms with van der Waals surface area (Å²) < 4.78 is 43.1.